The molecule has 9 heteroatoms. The molecule has 1 aliphatic heterocycles. The van der Waals surface area contributed by atoms with Crippen molar-refractivity contribution in [2.45, 2.75) is 6.10 Å². The number of carboxylic acid groups (broad SMARTS) is 1. The fourth-order valence-electron chi connectivity index (χ4n) is 1.34. The Morgan fingerprint density at radius 3 is 2.44 bits per heavy atom. The molecule has 0 bridgehead atoms. The minimum absolute atomic E-state index is 0.248. The zero-order valence-electron chi connectivity index (χ0n) is 9.63. The van der Waals surface area contributed by atoms with Gasteiger partial charge in [-0.2, -0.15) is 0 Å². The average Bonchev–Trinajstić information content (AvgIpc) is 2.27. The molecule has 1 atom stereocenters. The largest absolute Gasteiger partial charge is 0.479 e. The molecule has 3 N–H and O–H groups in total. The summed E-state index contributed by atoms with van der Waals surface area (Å²) in [5, 5.41) is 13.0. The number of carboxylic acids is 1. The van der Waals surface area contributed by atoms with Crippen LogP contribution in [0.3, 0.4) is 0 Å². The van der Waals surface area contributed by atoms with E-state index in [1.54, 1.807) is 0 Å². The van der Waals surface area contributed by atoms with Gasteiger partial charge in [0.15, 0.2) is 6.10 Å². The molecule has 1 aliphatic rings. The van der Waals surface area contributed by atoms with Crippen molar-refractivity contribution < 1.29 is 29.0 Å². The first kappa shape index (κ1) is 13.9. The van der Waals surface area contributed by atoms with Gasteiger partial charge < -0.3 is 20.1 Å². The highest BCUT2D eigenvalue weighted by Gasteiger charge is 2.27. The lowest BCUT2D eigenvalue weighted by Gasteiger charge is -2.26. The normalized spacial score (nSPS) is 17.1. The van der Waals surface area contributed by atoms with E-state index in [2.05, 4.69) is 10.1 Å². The van der Waals surface area contributed by atoms with Gasteiger partial charge in [-0.1, -0.05) is 0 Å². The number of piperazine rings is 1. The van der Waals surface area contributed by atoms with Gasteiger partial charge in [-0.3, -0.25) is 14.9 Å². The van der Waals surface area contributed by atoms with Gasteiger partial charge in [-0.15, -0.1) is 0 Å². The molecule has 0 aromatic carbocycles. The fraction of sp³-hybridized carbons (Fsp3) is 0.556. The van der Waals surface area contributed by atoms with Gasteiger partial charge >= 0.3 is 12.0 Å². The number of aliphatic carboxylic acids is 1. The molecule has 1 unspecified atom stereocenters. The number of urea groups is 1. The summed E-state index contributed by atoms with van der Waals surface area (Å²) in [5.41, 5.74) is 0. The second-order valence-corrected chi connectivity index (χ2v) is 3.58. The molecule has 18 heavy (non-hydrogen) atoms. The lowest BCUT2D eigenvalue weighted by Crippen LogP contribution is -2.56. The lowest BCUT2D eigenvalue weighted by atomic mass is 10.3. The summed E-state index contributed by atoms with van der Waals surface area (Å²) < 4.78 is 4.61. The number of imide groups is 1. The van der Waals surface area contributed by atoms with E-state index in [1.165, 1.54) is 7.11 Å². The molecule has 0 radical (unpaired) electrons. The maximum Gasteiger partial charge on any atom is 0.334 e. The number of nitrogens with one attached hydrogen (secondary N) is 2. The van der Waals surface area contributed by atoms with E-state index in [0.717, 1.165) is 4.90 Å². The van der Waals surface area contributed by atoms with E-state index in [0.29, 0.717) is 0 Å². The maximum absolute atomic E-state index is 11.6. The third-order valence-electron chi connectivity index (χ3n) is 2.23. The monoisotopic (exact) mass is 259 g/mol. The first-order chi connectivity index (χ1) is 8.43. The smallest absolute Gasteiger partial charge is 0.334 e. The number of amides is 4. The minimum Gasteiger partial charge on any atom is -0.479 e. The summed E-state index contributed by atoms with van der Waals surface area (Å²) in [6, 6.07) is -0.693. The van der Waals surface area contributed by atoms with Gasteiger partial charge in [0, 0.05) is 7.11 Å². The molecule has 1 rings (SSSR count). The fourth-order valence-corrected chi connectivity index (χ4v) is 1.34. The van der Waals surface area contributed by atoms with Gasteiger partial charge in [-0.25, -0.2) is 9.59 Å². The third-order valence-corrected chi connectivity index (χ3v) is 2.23. The molecule has 9 nitrogen and oxygen atoms in total. The molecule has 0 aliphatic carbocycles. The van der Waals surface area contributed by atoms with Crippen molar-refractivity contribution in [1.29, 1.82) is 0 Å². The van der Waals surface area contributed by atoms with Crippen LogP contribution in [0.5, 0.6) is 0 Å². The van der Waals surface area contributed by atoms with E-state index in [-0.39, 0.29) is 19.6 Å². The minimum atomic E-state index is -1.22. The number of nitrogens with zero attached hydrogens (tertiary/aromatic N) is 1. The maximum atomic E-state index is 11.6. The second kappa shape index (κ2) is 5.96. The quantitative estimate of drug-likeness (QED) is 0.490. The highest BCUT2D eigenvalue weighted by atomic mass is 16.5. The number of ether oxygens (including phenoxy) is 1. The first-order valence-electron chi connectivity index (χ1n) is 5.05. The van der Waals surface area contributed by atoms with Crippen LogP contribution in [0.2, 0.25) is 0 Å². The number of methoxy groups -OCH3 is 1. The molecule has 0 saturated carbocycles. The van der Waals surface area contributed by atoms with Crippen molar-refractivity contribution in [1.82, 2.24) is 15.5 Å². The molecular weight excluding hydrogens is 246 g/mol. The number of rotatable bonds is 4. The van der Waals surface area contributed by atoms with Gasteiger partial charge in [0.25, 0.3) is 0 Å². The van der Waals surface area contributed by atoms with E-state index >= 15 is 0 Å². The summed E-state index contributed by atoms with van der Waals surface area (Å²) in [4.78, 5) is 45.2. The van der Waals surface area contributed by atoms with E-state index in [1.807, 2.05) is 5.32 Å². The molecule has 100 valence electrons. The van der Waals surface area contributed by atoms with Gasteiger partial charge in [0.2, 0.25) is 11.8 Å². The third kappa shape index (κ3) is 3.70. The number of carbonyl (C=O) groups is 4. The lowest BCUT2D eigenvalue weighted by molar-refractivity contribution is -0.148. The predicted octanol–water partition coefficient (Wildman–Crippen LogP) is -2.25. The molecule has 1 fully saturated rings. The van der Waals surface area contributed by atoms with Crippen LogP contribution in [0.15, 0.2) is 0 Å². The molecule has 0 aromatic heterocycles. The number of hydrogen-bond acceptors (Lipinski definition) is 5. The van der Waals surface area contributed by atoms with Gasteiger partial charge in [0.05, 0.1) is 6.54 Å². The Bertz CT molecular complexity index is 366. The van der Waals surface area contributed by atoms with Crippen LogP contribution in [0, 0.1) is 0 Å². The van der Waals surface area contributed by atoms with Crippen molar-refractivity contribution in [2.24, 2.45) is 0 Å². The Hall–Kier alpha value is -2.16. The van der Waals surface area contributed by atoms with Crippen LogP contribution in [0.25, 0.3) is 0 Å². The average molecular weight is 259 g/mol. The number of hydrogen-bond donors (Lipinski definition) is 3. The SMILES string of the molecule is COC(CNC(=O)N1CC(=O)NC(=O)C1)C(=O)O. The molecule has 1 heterocycles. The highest BCUT2D eigenvalue weighted by molar-refractivity contribution is 6.02. The highest BCUT2D eigenvalue weighted by Crippen LogP contribution is 1.96. The zero-order chi connectivity index (χ0) is 13.7. The molecule has 1 saturated heterocycles. The zero-order valence-corrected chi connectivity index (χ0v) is 9.63. The topological polar surface area (TPSA) is 125 Å². The van der Waals surface area contributed by atoms with Crippen LogP contribution in [0.4, 0.5) is 4.79 Å². The molecular formula is C9H13N3O6. The summed E-state index contributed by atoms with van der Waals surface area (Å²) in [6.07, 6.45) is -1.18. The van der Waals surface area contributed by atoms with E-state index in [4.69, 9.17) is 5.11 Å². The second-order valence-electron chi connectivity index (χ2n) is 3.58. The van der Waals surface area contributed by atoms with Crippen molar-refractivity contribution in [2.75, 3.05) is 26.7 Å². The summed E-state index contributed by atoms with van der Waals surface area (Å²) in [5.74, 6) is -2.38. The van der Waals surface area contributed by atoms with Crippen LogP contribution in [0.1, 0.15) is 0 Å². The van der Waals surface area contributed by atoms with Gasteiger partial charge in [-0.05, 0) is 0 Å². The summed E-state index contributed by atoms with van der Waals surface area (Å²) in [6.45, 7) is -0.748. The standard InChI is InChI=1S/C9H13N3O6/c1-18-5(8(15)16)2-10-9(17)12-3-6(13)11-7(14)4-12/h5H,2-4H2,1H3,(H,10,17)(H,15,16)(H,11,13,14). The van der Waals surface area contributed by atoms with Crippen molar-refractivity contribution in [3.8, 4) is 0 Å². The van der Waals surface area contributed by atoms with Crippen molar-refractivity contribution in [3.05, 3.63) is 0 Å². The summed E-state index contributed by atoms with van der Waals surface area (Å²) in [7, 11) is 1.20. The predicted molar refractivity (Wildman–Crippen MR) is 56.6 cm³/mol. The number of carbonyl (C=O) groups excluding carboxylic acids is 3. The Balaban J connectivity index is 2.47. The van der Waals surface area contributed by atoms with Crippen LogP contribution in [-0.4, -0.2) is 66.7 Å². The van der Waals surface area contributed by atoms with Crippen molar-refractivity contribution in [3.63, 3.8) is 0 Å². The van der Waals surface area contributed by atoms with Crippen molar-refractivity contribution >= 4 is 23.8 Å². The first-order valence-corrected chi connectivity index (χ1v) is 5.05. The molecule has 0 spiro atoms. The molecule has 0 aromatic rings. The molecule has 4 amide bonds. The Morgan fingerprint density at radius 1 is 1.44 bits per heavy atom. The van der Waals surface area contributed by atoms with E-state index in [9.17, 15) is 19.2 Å². The Morgan fingerprint density at radius 2 is 2.00 bits per heavy atom. The Kier molecular flexibility index (Phi) is 4.60. The van der Waals surface area contributed by atoms with Gasteiger partial charge in [0.1, 0.15) is 13.1 Å². The van der Waals surface area contributed by atoms with Crippen LogP contribution in [-0.2, 0) is 19.1 Å². The van der Waals surface area contributed by atoms with Crippen LogP contribution >= 0.6 is 0 Å². The Labute approximate surface area is 102 Å². The van der Waals surface area contributed by atoms with Crippen LogP contribution < -0.4 is 10.6 Å². The summed E-state index contributed by atoms with van der Waals surface area (Å²) >= 11 is 0. The van der Waals surface area contributed by atoms with E-state index < -0.39 is 29.9 Å².